The van der Waals surface area contributed by atoms with Crippen LogP contribution in [0.1, 0.15) is 34.2 Å². The van der Waals surface area contributed by atoms with E-state index in [0.717, 1.165) is 10.5 Å². The van der Waals surface area contributed by atoms with Crippen molar-refractivity contribution in [3.63, 3.8) is 0 Å². The maximum absolute atomic E-state index is 13.1. The molecule has 0 radical (unpaired) electrons. The third kappa shape index (κ3) is 4.06. The summed E-state index contributed by atoms with van der Waals surface area (Å²) in [6.45, 7) is 3.66. The first kappa shape index (κ1) is 21.8. The number of rotatable bonds is 5. The van der Waals surface area contributed by atoms with Gasteiger partial charge in [-0.3, -0.25) is 14.9 Å². The number of urea groups is 1. The van der Waals surface area contributed by atoms with Crippen molar-refractivity contribution in [1.29, 1.82) is 0 Å². The molecule has 0 saturated carbocycles. The predicted molar refractivity (Wildman–Crippen MR) is 121 cm³/mol. The monoisotopic (exact) mass is 444 g/mol. The number of aryl methyl sites for hydroxylation is 2. The van der Waals surface area contributed by atoms with Gasteiger partial charge in [-0.05, 0) is 60.9 Å². The minimum absolute atomic E-state index is 0.159. The lowest BCUT2D eigenvalue weighted by Crippen LogP contribution is -2.54. The molecule has 3 aromatic rings. The molecule has 0 bridgehead atoms. The maximum Gasteiger partial charge on any atom is 0.335 e. The van der Waals surface area contributed by atoms with E-state index in [2.05, 4.69) is 5.32 Å². The van der Waals surface area contributed by atoms with Crippen LogP contribution in [0.4, 0.5) is 10.5 Å². The number of carboxylic acids is 1. The molecule has 4 rings (SSSR count). The number of nitrogens with zero attached hydrogens (tertiary/aromatic N) is 1. The lowest BCUT2D eigenvalue weighted by atomic mass is 10.0. The Balaban J connectivity index is 1.68. The van der Waals surface area contributed by atoms with Gasteiger partial charge in [-0.1, -0.05) is 31.2 Å². The van der Waals surface area contributed by atoms with E-state index in [1.54, 1.807) is 37.3 Å². The van der Waals surface area contributed by atoms with Crippen LogP contribution in [0.2, 0.25) is 0 Å². The van der Waals surface area contributed by atoms with Crippen LogP contribution in [-0.4, -0.2) is 28.9 Å². The number of barbiturate groups is 1. The van der Waals surface area contributed by atoms with Crippen molar-refractivity contribution in [2.45, 2.75) is 20.3 Å². The molecule has 2 heterocycles. The number of carbonyl (C=O) groups excluding carboxylic acids is 3. The number of carboxylic acid groups (broad SMARTS) is 1. The fourth-order valence-corrected chi connectivity index (χ4v) is 3.69. The Hall–Kier alpha value is -4.46. The van der Waals surface area contributed by atoms with Crippen LogP contribution in [0.15, 0.2) is 64.6 Å². The number of hydrogen-bond acceptors (Lipinski definition) is 5. The Labute approximate surface area is 189 Å². The quantitative estimate of drug-likeness (QED) is 0.450. The zero-order valence-electron chi connectivity index (χ0n) is 17.9. The molecule has 0 atom stereocenters. The molecule has 4 amide bonds. The summed E-state index contributed by atoms with van der Waals surface area (Å²) in [4.78, 5) is 50.1. The topological polar surface area (TPSA) is 117 Å². The third-order valence-corrected chi connectivity index (χ3v) is 5.37. The SMILES string of the molecule is CCc1ccccc1N1C(=O)NC(=O)/C(=C\c2ccc(-c3ccc(C(=O)O)cc3C)o2)C1=O. The minimum Gasteiger partial charge on any atom is -0.478 e. The third-order valence-electron chi connectivity index (χ3n) is 5.37. The van der Waals surface area contributed by atoms with Crippen molar-refractivity contribution < 1.29 is 28.7 Å². The van der Waals surface area contributed by atoms with E-state index in [1.807, 2.05) is 19.1 Å². The van der Waals surface area contributed by atoms with Crippen LogP contribution in [0.5, 0.6) is 0 Å². The Morgan fingerprint density at radius 1 is 1.09 bits per heavy atom. The van der Waals surface area contributed by atoms with Gasteiger partial charge in [-0.25, -0.2) is 14.5 Å². The Morgan fingerprint density at radius 2 is 1.85 bits per heavy atom. The van der Waals surface area contributed by atoms with Crippen LogP contribution >= 0.6 is 0 Å². The Bertz CT molecular complexity index is 1330. The summed E-state index contributed by atoms with van der Waals surface area (Å²) in [5.74, 6) is -1.90. The second kappa shape index (κ2) is 8.58. The molecule has 2 N–H and O–H groups in total. The number of para-hydroxylation sites is 1. The number of amides is 4. The molecule has 0 aliphatic carbocycles. The van der Waals surface area contributed by atoms with Crippen molar-refractivity contribution in [2.24, 2.45) is 0 Å². The first-order valence-corrected chi connectivity index (χ1v) is 10.2. The highest BCUT2D eigenvalue weighted by molar-refractivity contribution is 6.39. The summed E-state index contributed by atoms with van der Waals surface area (Å²) in [5.41, 5.74) is 2.50. The van der Waals surface area contributed by atoms with E-state index >= 15 is 0 Å². The fraction of sp³-hybridized carbons (Fsp3) is 0.120. The van der Waals surface area contributed by atoms with Gasteiger partial charge >= 0.3 is 12.0 Å². The van der Waals surface area contributed by atoms with Crippen LogP contribution in [-0.2, 0) is 16.0 Å². The Kier molecular flexibility index (Phi) is 5.66. The molecular formula is C25H20N2O6. The smallest absolute Gasteiger partial charge is 0.335 e. The average molecular weight is 444 g/mol. The normalized spacial score (nSPS) is 15.2. The summed E-state index contributed by atoms with van der Waals surface area (Å²) in [7, 11) is 0. The number of furan rings is 1. The molecule has 33 heavy (non-hydrogen) atoms. The number of carbonyl (C=O) groups is 4. The van der Waals surface area contributed by atoms with Gasteiger partial charge in [-0.15, -0.1) is 0 Å². The van der Waals surface area contributed by atoms with Crippen molar-refractivity contribution in [1.82, 2.24) is 5.32 Å². The number of imide groups is 2. The number of nitrogens with one attached hydrogen (secondary N) is 1. The average Bonchev–Trinajstić information content (AvgIpc) is 3.25. The molecule has 1 saturated heterocycles. The molecular weight excluding hydrogens is 424 g/mol. The van der Waals surface area contributed by atoms with Gasteiger partial charge in [-0.2, -0.15) is 0 Å². The van der Waals surface area contributed by atoms with E-state index < -0.39 is 23.8 Å². The van der Waals surface area contributed by atoms with E-state index in [-0.39, 0.29) is 16.9 Å². The van der Waals surface area contributed by atoms with Crippen molar-refractivity contribution in [3.05, 3.63) is 82.6 Å². The second-order valence-electron chi connectivity index (χ2n) is 7.48. The largest absolute Gasteiger partial charge is 0.478 e. The molecule has 1 aromatic heterocycles. The molecule has 2 aromatic carbocycles. The van der Waals surface area contributed by atoms with E-state index in [9.17, 15) is 19.2 Å². The molecule has 0 spiro atoms. The molecule has 1 aliphatic rings. The van der Waals surface area contributed by atoms with E-state index in [1.165, 1.54) is 18.2 Å². The van der Waals surface area contributed by atoms with Crippen LogP contribution in [0.3, 0.4) is 0 Å². The second-order valence-corrected chi connectivity index (χ2v) is 7.48. The summed E-state index contributed by atoms with van der Waals surface area (Å²) in [6.07, 6.45) is 1.89. The lowest BCUT2D eigenvalue weighted by molar-refractivity contribution is -0.122. The molecule has 8 heteroatoms. The van der Waals surface area contributed by atoms with Gasteiger partial charge < -0.3 is 9.52 Å². The van der Waals surface area contributed by atoms with Gasteiger partial charge in [0.1, 0.15) is 17.1 Å². The summed E-state index contributed by atoms with van der Waals surface area (Å²) in [5, 5.41) is 11.3. The van der Waals surface area contributed by atoms with Crippen LogP contribution in [0, 0.1) is 6.92 Å². The fourth-order valence-electron chi connectivity index (χ4n) is 3.69. The highest BCUT2D eigenvalue weighted by Crippen LogP contribution is 2.29. The van der Waals surface area contributed by atoms with Crippen LogP contribution < -0.4 is 10.2 Å². The van der Waals surface area contributed by atoms with Gasteiger partial charge in [0.05, 0.1) is 11.3 Å². The highest BCUT2D eigenvalue weighted by Gasteiger charge is 2.37. The lowest BCUT2D eigenvalue weighted by Gasteiger charge is -2.27. The first-order chi connectivity index (χ1) is 15.8. The van der Waals surface area contributed by atoms with Gasteiger partial charge in [0.15, 0.2) is 0 Å². The predicted octanol–water partition coefficient (Wildman–Crippen LogP) is 4.18. The van der Waals surface area contributed by atoms with Crippen molar-refractivity contribution in [3.8, 4) is 11.3 Å². The molecule has 8 nitrogen and oxygen atoms in total. The molecule has 1 aliphatic heterocycles. The molecule has 0 unspecified atom stereocenters. The highest BCUT2D eigenvalue weighted by atomic mass is 16.4. The molecule has 166 valence electrons. The first-order valence-electron chi connectivity index (χ1n) is 10.2. The van der Waals surface area contributed by atoms with Crippen molar-refractivity contribution in [2.75, 3.05) is 4.90 Å². The summed E-state index contributed by atoms with van der Waals surface area (Å²) < 4.78 is 5.80. The minimum atomic E-state index is -1.03. The summed E-state index contributed by atoms with van der Waals surface area (Å²) in [6, 6.07) is 14.1. The summed E-state index contributed by atoms with van der Waals surface area (Å²) >= 11 is 0. The van der Waals surface area contributed by atoms with Gasteiger partial charge in [0.25, 0.3) is 11.8 Å². The standard InChI is InChI=1S/C25H20N2O6/c1-3-15-6-4-5-7-20(15)27-23(29)19(22(28)26-25(27)32)13-17-9-11-21(33-17)18-10-8-16(24(30)31)12-14(18)2/h4-13H,3H2,1-2H3,(H,30,31)(H,26,28,32)/b19-13+. The van der Waals surface area contributed by atoms with Gasteiger partial charge in [0.2, 0.25) is 0 Å². The van der Waals surface area contributed by atoms with Crippen molar-refractivity contribution >= 4 is 35.6 Å². The Morgan fingerprint density at radius 3 is 2.55 bits per heavy atom. The number of benzene rings is 2. The number of hydrogen-bond donors (Lipinski definition) is 2. The van der Waals surface area contributed by atoms with Crippen LogP contribution in [0.25, 0.3) is 17.4 Å². The van der Waals surface area contributed by atoms with Gasteiger partial charge in [0, 0.05) is 5.56 Å². The zero-order valence-corrected chi connectivity index (χ0v) is 17.9. The van der Waals surface area contributed by atoms with E-state index in [0.29, 0.717) is 29.0 Å². The number of anilines is 1. The van der Waals surface area contributed by atoms with E-state index in [4.69, 9.17) is 9.52 Å². The maximum atomic E-state index is 13.1. The number of aromatic carboxylic acids is 1. The zero-order chi connectivity index (χ0) is 23.7. The molecule has 1 fully saturated rings.